The molecule has 6 amide bonds. The second-order valence-corrected chi connectivity index (χ2v) is 17.5. The molecular weight excluding hydrogens is 1100 g/mol. The molecule has 19 heteroatoms. The minimum atomic E-state index is -1.66. The minimum Gasteiger partial charge on any atom is -0.495 e. The Kier molecular flexibility index (Phi) is 20.0. The van der Waals surface area contributed by atoms with Crippen LogP contribution >= 0.6 is 67.8 Å². The summed E-state index contributed by atoms with van der Waals surface area (Å²) in [6, 6.07) is 6.44. The molecule has 0 bridgehead atoms. The number of amides is 6. The van der Waals surface area contributed by atoms with Gasteiger partial charge in [0.05, 0.1) is 32.2 Å². The number of hydroxylamine groups is 2. The van der Waals surface area contributed by atoms with Gasteiger partial charge in [-0.25, -0.2) is 9.59 Å². The molecule has 2 aromatic rings. The topological polar surface area (TPSA) is 227 Å². The highest BCUT2D eigenvalue weighted by Gasteiger charge is 2.33. The van der Waals surface area contributed by atoms with Crippen LogP contribution < -0.4 is 26.0 Å². The molecule has 5 N–H and O–H groups in total. The summed E-state index contributed by atoms with van der Waals surface area (Å²) in [6.45, 7) is 5.83. The van der Waals surface area contributed by atoms with Gasteiger partial charge in [-0.2, -0.15) is 0 Å². The zero-order valence-corrected chi connectivity index (χ0v) is 39.1. The fourth-order valence-electron chi connectivity index (χ4n) is 5.85. The minimum absolute atomic E-state index is 0.00564. The summed E-state index contributed by atoms with van der Waals surface area (Å²) in [5, 5.41) is 20.8. The number of unbranched alkanes of at least 4 members (excludes halogenated alkanes) is 3. The lowest BCUT2D eigenvalue weighted by Gasteiger charge is -2.22. The number of carbonyl (C=O) groups is 8. The van der Waals surface area contributed by atoms with Crippen LogP contribution in [0.4, 0.5) is 0 Å². The number of aliphatic carboxylic acids is 1. The lowest BCUT2D eigenvalue weighted by molar-refractivity contribution is -0.197. The molecule has 1 fully saturated rings. The van der Waals surface area contributed by atoms with E-state index in [0.29, 0.717) is 49.6 Å². The summed E-state index contributed by atoms with van der Waals surface area (Å²) < 4.78 is 7.16. The van der Waals surface area contributed by atoms with Crippen LogP contribution in [0.3, 0.4) is 0 Å². The molecule has 16 nitrogen and oxygen atoms in total. The van der Waals surface area contributed by atoms with Gasteiger partial charge in [0.25, 0.3) is 17.7 Å². The molecule has 1 heterocycles. The molecule has 0 radical (unpaired) electrons. The maximum absolute atomic E-state index is 13.4. The Labute approximate surface area is 377 Å². The quantitative estimate of drug-likeness (QED) is 0.0633. The van der Waals surface area contributed by atoms with Gasteiger partial charge < -0.3 is 35.9 Å². The summed E-state index contributed by atoms with van der Waals surface area (Å²) in [7, 11) is 1.45. The first-order valence-corrected chi connectivity index (χ1v) is 21.9. The molecule has 1 aliphatic heterocycles. The van der Waals surface area contributed by atoms with E-state index in [2.05, 4.69) is 57.7 Å². The summed E-state index contributed by atoms with van der Waals surface area (Å²) in [4.78, 5) is 106. The van der Waals surface area contributed by atoms with Crippen molar-refractivity contribution in [3.8, 4) is 5.75 Å². The molecule has 0 spiro atoms. The average molecular weight is 1140 g/mol. The number of methoxy groups -OCH3 is 1. The van der Waals surface area contributed by atoms with Crippen molar-refractivity contribution in [3.05, 3.63) is 57.7 Å². The standard InChI is InChI=1S/C39H48I3N5O11/c1-21(2)17-23-10-12-24(13-11-23)22(3)36(52)44-20-28(37(53)43-16-8-6-5-7-9-32(51)58-47-30(49)14-15-31(47)50)45-29(48)19-27(39(55)56)46-38(54)33-25(40)18-26(41)35(57-4)34(33)42/h10-13,18,21-22,27-28H,5-9,14-17,19-20H2,1-4H3,(H,43,53)(H,44,52)(H,45,48)(H,46,54)(H,55,56)/t22-,27-,28+/m0/s1. The van der Waals surface area contributed by atoms with Gasteiger partial charge >= 0.3 is 11.9 Å². The van der Waals surface area contributed by atoms with E-state index in [1.165, 1.54) is 7.11 Å². The van der Waals surface area contributed by atoms with Crippen LogP contribution in [0.15, 0.2) is 30.3 Å². The van der Waals surface area contributed by atoms with Crippen molar-refractivity contribution < 1.29 is 53.0 Å². The van der Waals surface area contributed by atoms with E-state index in [9.17, 15) is 43.5 Å². The van der Waals surface area contributed by atoms with Crippen molar-refractivity contribution >= 4 is 115 Å². The van der Waals surface area contributed by atoms with Crippen LogP contribution in [0.25, 0.3) is 0 Å². The maximum Gasteiger partial charge on any atom is 0.333 e. The second kappa shape index (κ2) is 23.8. The van der Waals surface area contributed by atoms with Crippen molar-refractivity contribution in [1.82, 2.24) is 26.3 Å². The maximum atomic E-state index is 13.4. The van der Waals surface area contributed by atoms with E-state index in [0.717, 1.165) is 21.1 Å². The van der Waals surface area contributed by atoms with Crippen molar-refractivity contribution in [2.75, 3.05) is 20.2 Å². The van der Waals surface area contributed by atoms with Crippen molar-refractivity contribution in [3.63, 3.8) is 0 Å². The van der Waals surface area contributed by atoms with E-state index in [1.807, 2.05) is 69.4 Å². The lowest BCUT2D eigenvalue weighted by Crippen LogP contribution is -2.54. The number of halogens is 3. The smallest absolute Gasteiger partial charge is 0.333 e. The first-order valence-electron chi connectivity index (χ1n) is 18.7. The molecule has 0 aromatic heterocycles. The first kappa shape index (κ1) is 48.8. The zero-order valence-electron chi connectivity index (χ0n) is 32.6. The highest BCUT2D eigenvalue weighted by atomic mass is 127. The van der Waals surface area contributed by atoms with E-state index >= 15 is 0 Å². The average Bonchev–Trinajstić information content (AvgIpc) is 3.47. The van der Waals surface area contributed by atoms with Gasteiger partial charge in [-0.3, -0.25) is 28.8 Å². The van der Waals surface area contributed by atoms with Gasteiger partial charge in [0, 0.05) is 35.9 Å². The van der Waals surface area contributed by atoms with E-state index in [1.54, 1.807) is 13.0 Å². The number of hydrogen-bond acceptors (Lipinski definition) is 10. The van der Waals surface area contributed by atoms with Crippen LogP contribution in [-0.4, -0.2) is 89.8 Å². The molecule has 0 saturated carbocycles. The Morgan fingerprint density at radius 3 is 2.07 bits per heavy atom. The van der Waals surface area contributed by atoms with Gasteiger partial charge in [0.1, 0.15) is 17.8 Å². The van der Waals surface area contributed by atoms with E-state index in [4.69, 9.17) is 9.57 Å². The van der Waals surface area contributed by atoms with Gasteiger partial charge in [0.2, 0.25) is 17.7 Å². The number of ether oxygens (including phenoxy) is 1. The fourth-order valence-corrected chi connectivity index (χ4v) is 10.2. The van der Waals surface area contributed by atoms with E-state index < -0.39 is 71.8 Å². The third-order valence-corrected chi connectivity index (χ3v) is 11.7. The van der Waals surface area contributed by atoms with Crippen molar-refractivity contribution in [2.45, 2.75) is 96.6 Å². The summed E-state index contributed by atoms with van der Waals surface area (Å²) in [5.41, 5.74) is 2.08. The number of nitrogens with zero attached hydrogens (tertiary/aromatic N) is 1. The summed E-state index contributed by atoms with van der Waals surface area (Å²) >= 11 is 5.96. The highest BCUT2D eigenvalue weighted by Crippen LogP contribution is 2.33. The molecule has 3 rings (SSSR count). The van der Waals surface area contributed by atoms with Crippen LogP contribution in [0, 0.1) is 16.6 Å². The molecular formula is C39H48I3N5O11. The van der Waals surface area contributed by atoms with Gasteiger partial charge in [-0.1, -0.05) is 51.0 Å². The van der Waals surface area contributed by atoms with Crippen LogP contribution in [0.5, 0.6) is 5.75 Å². The van der Waals surface area contributed by atoms with Crippen molar-refractivity contribution in [2.24, 2.45) is 5.92 Å². The van der Waals surface area contributed by atoms with Gasteiger partial charge in [-0.15, -0.1) is 5.06 Å². The fraction of sp³-hybridized carbons (Fsp3) is 0.487. The molecule has 1 saturated heterocycles. The number of nitrogens with one attached hydrogen (secondary N) is 4. The Balaban J connectivity index is 1.62. The van der Waals surface area contributed by atoms with E-state index in [-0.39, 0.29) is 37.9 Å². The lowest BCUT2D eigenvalue weighted by atomic mass is 9.96. The van der Waals surface area contributed by atoms with Crippen LogP contribution in [0.2, 0.25) is 0 Å². The first-order chi connectivity index (χ1) is 27.4. The number of benzene rings is 2. The zero-order chi connectivity index (χ0) is 43.1. The van der Waals surface area contributed by atoms with Crippen LogP contribution in [0.1, 0.15) is 99.5 Å². The SMILES string of the molecule is COc1c(I)cc(I)c(C(=O)N[C@@H](CC(=O)N[C@H](CNC(=O)[C@@H](C)c2ccc(CC(C)C)cc2)C(=O)NCCCCCCC(=O)ON2C(=O)CCC2=O)C(=O)O)c1I. The normalized spacial score (nSPS) is 14.0. The third-order valence-electron chi connectivity index (χ3n) is 9.01. The Bertz CT molecular complexity index is 1840. The second-order valence-electron chi connectivity index (χ2n) is 14.1. The monoisotopic (exact) mass is 1140 g/mol. The van der Waals surface area contributed by atoms with Gasteiger partial charge in [0.15, 0.2) is 0 Å². The third kappa shape index (κ3) is 14.9. The molecule has 2 aromatic carbocycles. The van der Waals surface area contributed by atoms with Crippen molar-refractivity contribution in [1.29, 1.82) is 0 Å². The molecule has 1 aliphatic rings. The summed E-state index contributed by atoms with van der Waals surface area (Å²) in [5.74, 6) is -5.56. The Hall–Kier alpha value is -3.61. The number of rotatable bonds is 22. The molecule has 0 aliphatic carbocycles. The van der Waals surface area contributed by atoms with Gasteiger partial charge in [-0.05, 0) is 117 Å². The highest BCUT2D eigenvalue weighted by molar-refractivity contribution is 14.1. The Morgan fingerprint density at radius 2 is 1.47 bits per heavy atom. The number of carboxylic acid groups (broad SMARTS) is 1. The largest absolute Gasteiger partial charge is 0.495 e. The summed E-state index contributed by atoms with van der Waals surface area (Å²) in [6.07, 6.45) is 2.27. The number of carbonyl (C=O) groups excluding carboxylic acids is 7. The number of carboxylic acids is 1. The predicted molar refractivity (Wildman–Crippen MR) is 236 cm³/mol. The molecule has 0 unspecified atom stereocenters. The molecule has 3 atom stereocenters. The number of imide groups is 1. The van der Waals surface area contributed by atoms with Crippen LogP contribution in [-0.2, 0) is 44.8 Å². The number of hydrogen-bond donors (Lipinski definition) is 5. The Morgan fingerprint density at radius 1 is 0.828 bits per heavy atom. The molecule has 316 valence electrons. The molecule has 58 heavy (non-hydrogen) atoms. The predicted octanol–water partition coefficient (Wildman–Crippen LogP) is 4.36.